The molecule has 1 aromatic rings. The maximum Gasteiger partial charge on any atom is 0.227 e. The predicted octanol–water partition coefficient (Wildman–Crippen LogP) is 0.637. The zero-order valence-electron chi connectivity index (χ0n) is 10.0. The highest BCUT2D eigenvalue weighted by Gasteiger charge is 2.04. The lowest BCUT2D eigenvalue weighted by Gasteiger charge is -2.05. The number of nitrogens with one attached hydrogen (secondary N) is 1. The van der Waals surface area contributed by atoms with Crippen LogP contribution in [0.4, 0.5) is 5.69 Å². The molecule has 98 valence electrons. The minimum Gasteiger partial charge on any atom is -0.481 e. The molecule has 0 atom stereocenters. The van der Waals surface area contributed by atoms with Crippen molar-refractivity contribution in [2.75, 3.05) is 23.9 Å². The van der Waals surface area contributed by atoms with Crippen LogP contribution < -0.4 is 15.8 Å². The van der Waals surface area contributed by atoms with Crippen LogP contribution in [0.5, 0.6) is 5.88 Å². The van der Waals surface area contributed by atoms with E-state index in [0.29, 0.717) is 23.7 Å². The third-order valence-electron chi connectivity index (χ3n) is 1.95. The van der Waals surface area contributed by atoms with Crippen LogP contribution in [0.3, 0.4) is 0 Å². The molecule has 1 heterocycles. The third-order valence-corrected chi connectivity index (χ3v) is 2.93. The van der Waals surface area contributed by atoms with E-state index in [2.05, 4.69) is 10.3 Å². The van der Waals surface area contributed by atoms with E-state index in [1.807, 2.05) is 0 Å². The standard InChI is InChI=1S/C11H15N3O3S/c1-17-11-3-2-8(6-13-11)14-10(16)4-5-18-7-9(12)15/h2-3,6H,4-5,7H2,1H3,(H2,12,15)(H,14,16). The van der Waals surface area contributed by atoms with Crippen LogP contribution in [0.25, 0.3) is 0 Å². The summed E-state index contributed by atoms with van der Waals surface area (Å²) in [4.78, 5) is 26.0. The lowest BCUT2D eigenvalue weighted by molar-refractivity contribution is -0.116. The number of ether oxygens (including phenoxy) is 1. The van der Waals surface area contributed by atoms with Crippen LogP contribution in [0, 0.1) is 0 Å². The number of amides is 2. The van der Waals surface area contributed by atoms with Crippen molar-refractivity contribution in [1.82, 2.24) is 4.98 Å². The molecule has 1 aromatic heterocycles. The van der Waals surface area contributed by atoms with Crippen LogP contribution in [0.1, 0.15) is 6.42 Å². The SMILES string of the molecule is COc1ccc(NC(=O)CCSCC(N)=O)cn1. The van der Waals surface area contributed by atoms with Crippen molar-refractivity contribution in [3.05, 3.63) is 18.3 Å². The summed E-state index contributed by atoms with van der Waals surface area (Å²) in [6.45, 7) is 0. The van der Waals surface area contributed by atoms with Crippen molar-refractivity contribution < 1.29 is 14.3 Å². The molecule has 0 saturated heterocycles. The molecule has 0 aliphatic heterocycles. The molecular weight excluding hydrogens is 254 g/mol. The molecule has 1 rings (SSSR count). The second-order valence-corrected chi connectivity index (χ2v) is 4.51. The highest BCUT2D eigenvalue weighted by atomic mass is 32.2. The van der Waals surface area contributed by atoms with Gasteiger partial charge in [0.2, 0.25) is 17.7 Å². The van der Waals surface area contributed by atoms with Gasteiger partial charge in [0.1, 0.15) is 0 Å². The summed E-state index contributed by atoms with van der Waals surface area (Å²) in [5, 5.41) is 2.69. The minimum atomic E-state index is -0.375. The van der Waals surface area contributed by atoms with Crippen molar-refractivity contribution >= 4 is 29.3 Å². The second kappa shape index (κ2) is 7.54. The van der Waals surface area contributed by atoms with Crippen LogP contribution in [0.2, 0.25) is 0 Å². The largest absolute Gasteiger partial charge is 0.481 e. The van der Waals surface area contributed by atoms with E-state index in [-0.39, 0.29) is 17.6 Å². The Kier molecular flexibility index (Phi) is 5.99. The van der Waals surface area contributed by atoms with Gasteiger partial charge in [0.15, 0.2) is 0 Å². The van der Waals surface area contributed by atoms with E-state index < -0.39 is 0 Å². The molecule has 0 unspecified atom stereocenters. The summed E-state index contributed by atoms with van der Waals surface area (Å²) < 4.78 is 4.91. The number of aromatic nitrogens is 1. The highest BCUT2D eigenvalue weighted by Crippen LogP contribution is 2.11. The van der Waals surface area contributed by atoms with Gasteiger partial charge in [-0.3, -0.25) is 9.59 Å². The van der Waals surface area contributed by atoms with Crippen molar-refractivity contribution in [2.24, 2.45) is 5.73 Å². The number of rotatable bonds is 7. The molecule has 0 radical (unpaired) electrons. The van der Waals surface area contributed by atoms with Gasteiger partial charge < -0.3 is 15.8 Å². The van der Waals surface area contributed by atoms with E-state index in [4.69, 9.17) is 10.5 Å². The summed E-state index contributed by atoms with van der Waals surface area (Å²) in [5.41, 5.74) is 5.59. The van der Waals surface area contributed by atoms with Gasteiger partial charge in [0.25, 0.3) is 0 Å². The van der Waals surface area contributed by atoms with Gasteiger partial charge in [-0.2, -0.15) is 11.8 Å². The van der Waals surface area contributed by atoms with E-state index in [0.717, 1.165) is 0 Å². The van der Waals surface area contributed by atoms with E-state index in [9.17, 15) is 9.59 Å². The topological polar surface area (TPSA) is 94.3 Å². The van der Waals surface area contributed by atoms with E-state index in [1.165, 1.54) is 25.1 Å². The Bertz CT molecular complexity index is 408. The maximum atomic E-state index is 11.5. The number of anilines is 1. The summed E-state index contributed by atoms with van der Waals surface area (Å²) in [6, 6.07) is 3.37. The number of nitrogens with two attached hydrogens (primary N) is 1. The monoisotopic (exact) mass is 269 g/mol. The Hall–Kier alpha value is -1.76. The number of carbonyl (C=O) groups excluding carboxylic acids is 2. The normalized spacial score (nSPS) is 9.83. The molecule has 7 heteroatoms. The fourth-order valence-electron chi connectivity index (χ4n) is 1.14. The van der Waals surface area contributed by atoms with Crippen molar-refractivity contribution in [3.63, 3.8) is 0 Å². The Morgan fingerprint density at radius 2 is 2.28 bits per heavy atom. The van der Waals surface area contributed by atoms with Gasteiger partial charge in [0, 0.05) is 18.2 Å². The number of primary amides is 1. The van der Waals surface area contributed by atoms with Gasteiger partial charge in [-0.25, -0.2) is 4.98 Å². The number of thioether (sulfide) groups is 1. The van der Waals surface area contributed by atoms with Gasteiger partial charge in [0.05, 0.1) is 24.7 Å². The number of hydrogen-bond donors (Lipinski definition) is 2. The molecule has 2 amide bonds. The quantitative estimate of drug-likeness (QED) is 0.708. The molecule has 0 fully saturated rings. The summed E-state index contributed by atoms with van der Waals surface area (Å²) >= 11 is 1.34. The summed E-state index contributed by atoms with van der Waals surface area (Å²) in [6.07, 6.45) is 1.84. The zero-order valence-corrected chi connectivity index (χ0v) is 10.8. The first-order chi connectivity index (χ1) is 8.61. The third kappa shape index (κ3) is 5.53. The predicted molar refractivity (Wildman–Crippen MR) is 70.6 cm³/mol. The molecule has 0 saturated carbocycles. The lowest BCUT2D eigenvalue weighted by atomic mass is 10.4. The first-order valence-corrected chi connectivity index (χ1v) is 6.43. The van der Waals surface area contributed by atoms with Crippen molar-refractivity contribution in [3.8, 4) is 5.88 Å². The molecule has 0 bridgehead atoms. The molecule has 0 aliphatic rings. The highest BCUT2D eigenvalue weighted by molar-refractivity contribution is 7.99. The molecule has 0 spiro atoms. The van der Waals surface area contributed by atoms with Crippen LogP contribution >= 0.6 is 11.8 Å². The maximum absolute atomic E-state index is 11.5. The van der Waals surface area contributed by atoms with Gasteiger partial charge in [-0.05, 0) is 6.07 Å². The Balaban J connectivity index is 2.28. The Morgan fingerprint density at radius 1 is 1.50 bits per heavy atom. The first kappa shape index (κ1) is 14.3. The first-order valence-electron chi connectivity index (χ1n) is 5.27. The van der Waals surface area contributed by atoms with E-state index >= 15 is 0 Å². The van der Waals surface area contributed by atoms with Crippen LogP contribution in [0.15, 0.2) is 18.3 Å². The molecular formula is C11H15N3O3S. The number of methoxy groups -OCH3 is 1. The fourth-order valence-corrected chi connectivity index (χ4v) is 1.81. The Labute approximate surface area is 109 Å². The van der Waals surface area contributed by atoms with Crippen LogP contribution in [-0.4, -0.2) is 35.4 Å². The minimum absolute atomic E-state index is 0.126. The molecule has 0 aliphatic carbocycles. The smallest absolute Gasteiger partial charge is 0.227 e. The summed E-state index contributed by atoms with van der Waals surface area (Å²) in [7, 11) is 1.52. The van der Waals surface area contributed by atoms with Crippen LogP contribution in [-0.2, 0) is 9.59 Å². The van der Waals surface area contributed by atoms with Crippen molar-refractivity contribution in [2.45, 2.75) is 6.42 Å². The molecule has 3 N–H and O–H groups in total. The van der Waals surface area contributed by atoms with E-state index in [1.54, 1.807) is 12.1 Å². The Morgan fingerprint density at radius 3 is 2.83 bits per heavy atom. The number of pyridine rings is 1. The average Bonchev–Trinajstić information content (AvgIpc) is 2.35. The summed E-state index contributed by atoms with van der Waals surface area (Å²) in [5.74, 6) is 0.777. The molecule has 0 aromatic carbocycles. The zero-order chi connectivity index (χ0) is 13.4. The number of carbonyl (C=O) groups is 2. The average molecular weight is 269 g/mol. The second-order valence-electron chi connectivity index (χ2n) is 3.41. The molecule has 18 heavy (non-hydrogen) atoms. The van der Waals surface area contributed by atoms with Gasteiger partial charge >= 0.3 is 0 Å². The fraction of sp³-hybridized carbons (Fsp3) is 0.364. The van der Waals surface area contributed by atoms with Gasteiger partial charge in [-0.15, -0.1) is 0 Å². The van der Waals surface area contributed by atoms with Crippen molar-refractivity contribution in [1.29, 1.82) is 0 Å². The number of nitrogens with zero attached hydrogens (tertiary/aromatic N) is 1. The van der Waals surface area contributed by atoms with Gasteiger partial charge in [-0.1, -0.05) is 0 Å². The molecule has 6 nitrogen and oxygen atoms in total. The lowest BCUT2D eigenvalue weighted by Crippen LogP contribution is -2.15. The number of hydrogen-bond acceptors (Lipinski definition) is 5.